The Morgan fingerprint density at radius 1 is 0.844 bits per heavy atom. The zero-order valence-corrected chi connectivity index (χ0v) is 19.9. The average molecular weight is 462 g/mol. The molecule has 32 heavy (non-hydrogen) atoms. The van der Waals surface area contributed by atoms with Gasteiger partial charge in [0.05, 0.1) is 10.5 Å². The van der Waals surface area contributed by atoms with Gasteiger partial charge < -0.3 is 4.90 Å². The van der Waals surface area contributed by atoms with Gasteiger partial charge in [-0.05, 0) is 55.8 Å². The number of benzene rings is 3. The van der Waals surface area contributed by atoms with Crippen LogP contribution >= 0.6 is 23.5 Å². The number of hydrogen-bond acceptors (Lipinski definition) is 5. The largest absolute Gasteiger partial charge is 0.372 e. The van der Waals surface area contributed by atoms with Crippen LogP contribution in [0.2, 0.25) is 0 Å². The van der Waals surface area contributed by atoms with Gasteiger partial charge in [0.2, 0.25) is 0 Å². The summed E-state index contributed by atoms with van der Waals surface area (Å²) in [6.45, 7) is 6.22. The highest BCUT2D eigenvalue weighted by Crippen LogP contribution is 2.38. The molecule has 0 aliphatic heterocycles. The maximum absolute atomic E-state index is 12.5. The molecule has 0 fully saturated rings. The van der Waals surface area contributed by atoms with Gasteiger partial charge in [-0.1, -0.05) is 72.1 Å². The van der Waals surface area contributed by atoms with Gasteiger partial charge in [0.25, 0.3) is 5.91 Å². The molecular weight excluding hydrogens is 434 g/mol. The van der Waals surface area contributed by atoms with Crippen LogP contribution in [0.3, 0.4) is 0 Å². The highest BCUT2D eigenvalue weighted by molar-refractivity contribution is 8.22. The van der Waals surface area contributed by atoms with Crippen molar-refractivity contribution in [3.8, 4) is 0 Å². The number of nitrogens with one attached hydrogen (secondary N) is 1. The predicted molar refractivity (Wildman–Crippen MR) is 138 cm³/mol. The summed E-state index contributed by atoms with van der Waals surface area (Å²) >= 11 is 3.11. The van der Waals surface area contributed by atoms with Crippen LogP contribution in [0.1, 0.15) is 19.4 Å². The summed E-state index contributed by atoms with van der Waals surface area (Å²) in [5.74, 6) is -0.261. The molecule has 0 heterocycles. The van der Waals surface area contributed by atoms with Gasteiger partial charge in [-0.3, -0.25) is 4.79 Å². The van der Waals surface area contributed by atoms with Crippen LogP contribution in [-0.4, -0.2) is 25.2 Å². The number of hydrogen-bond donors (Lipinski definition) is 1. The molecule has 1 amide bonds. The summed E-state index contributed by atoms with van der Waals surface area (Å²) in [6.07, 6.45) is 3.25. The maximum atomic E-state index is 12.5. The Kier molecular flexibility index (Phi) is 9.47. The molecule has 6 heteroatoms. The Morgan fingerprint density at radius 3 is 1.88 bits per heavy atom. The monoisotopic (exact) mass is 461 g/mol. The smallest absolute Gasteiger partial charge is 0.265 e. The fourth-order valence-electron chi connectivity index (χ4n) is 2.96. The van der Waals surface area contributed by atoms with Crippen molar-refractivity contribution >= 4 is 41.3 Å². The average Bonchev–Trinajstić information content (AvgIpc) is 2.82. The fraction of sp³-hybridized carbons (Fsp3) is 0.154. The molecule has 0 aliphatic carbocycles. The molecule has 3 aromatic rings. The van der Waals surface area contributed by atoms with E-state index in [1.165, 1.54) is 5.69 Å². The molecule has 3 aromatic carbocycles. The lowest BCUT2D eigenvalue weighted by Gasteiger charge is -2.20. The van der Waals surface area contributed by atoms with Gasteiger partial charge in [0.1, 0.15) is 0 Å². The highest BCUT2D eigenvalue weighted by atomic mass is 32.2. The lowest BCUT2D eigenvalue weighted by Crippen LogP contribution is -2.21. The molecule has 0 saturated carbocycles. The van der Waals surface area contributed by atoms with Crippen molar-refractivity contribution in [2.45, 2.75) is 23.6 Å². The molecule has 0 aliphatic rings. The standard InChI is InChI=1S/C26H27N3OS2/c1-3-29(4-2)22-17-15-21(16-18-22)20-27-28-25(30)19-26(31-23-11-7-5-8-12-23)32-24-13-9-6-10-14-24/h5-20H,3-4H2,1-2H3,(H,28,30)/b27-20-. The third kappa shape index (κ3) is 7.62. The van der Waals surface area contributed by atoms with Crippen molar-refractivity contribution in [2.24, 2.45) is 5.10 Å². The number of carbonyl (C=O) groups is 1. The maximum Gasteiger partial charge on any atom is 0.265 e. The minimum atomic E-state index is -0.261. The molecule has 164 valence electrons. The second-order valence-corrected chi connectivity index (χ2v) is 9.28. The van der Waals surface area contributed by atoms with Crippen molar-refractivity contribution in [3.05, 3.63) is 101 Å². The van der Waals surface area contributed by atoms with Crippen molar-refractivity contribution in [1.29, 1.82) is 0 Å². The number of amides is 1. The van der Waals surface area contributed by atoms with Crippen LogP contribution < -0.4 is 10.3 Å². The number of hydrazone groups is 1. The number of thioether (sulfide) groups is 2. The Hall–Kier alpha value is -2.96. The minimum Gasteiger partial charge on any atom is -0.372 e. The summed E-state index contributed by atoms with van der Waals surface area (Å²) in [7, 11) is 0. The molecule has 4 nitrogen and oxygen atoms in total. The molecule has 0 bridgehead atoms. The van der Waals surface area contributed by atoms with Gasteiger partial charge in [-0.15, -0.1) is 0 Å². The number of nitrogens with zero attached hydrogens (tertiary/aromatic N) is 2. The van der Waals surface area contributed by atoms with Crippen LogP contribution in [0.25, 0.3) is 0 Å². The van der Waals surface area contributed by atoms with E-state index in [0.29, 0.717) is 0 Å². The van der Waals surface area contributed by atoms with E-state index < -0.39 is 0 Å². The van der Waals surface area contributed by atoms with E-state index in [2.05, 4.69) is 41.4 Å². The first-order chi connectivity index (χ1) is 15.7. The van der Waals surface area contributed by atoms with Crippen LogP contribution in [0.5, 0.6) is 0 Å². The second-order valence-electron chi connectivity index (χ2n) is 6.79. The first kappa shape index (κ1) is 23.7. The molecule has 0 radical (unpaired) electrons. The number of carbonyl (C=O) groups excluding carboxylic acids is 1. The van der Waals surface area contributed by atoms with Gasteiger partial charge in [-0.2, -0.15) is 5.10 Å². The minimum absolute atomic E-state index is 0.261. The summed E-state index contributed by atoms with van der Waals surface area (Å²) < 4.78 is 0.874. The normalized spacial score (nSPS) is 10.7. The van der Waals surface area contributed by atoms with E-state index in [1.807, 2.05) is 72.8 Å². The van der Waals surface area contributed by atoms with Crippen molar-refractivity contribution in [3.63, 3.8) is 0 Å². The van der Waals surface area contributed by atoms with E-state index in [1.54, 1.807) is 35.8 Å². The van der Waals surface area contributed by atoms with E-state index in [0.717, 1.165) is 32.7 Å². The first-order valence-electron chi connectivity index (χ1n) is 10.5. The number of anilines is 1. The number of rotatable bonds is 10. The molecule has 0 unspecified atom stereocenters. The molecule has 0 aromatic heterocycles. The highest BCUT2D eigenvalue weighted by Gasteiger charge is 2.07. The Balaban J connectivity index is 1.65. The quantitative estimate of drug-likeness (QED) is 0.164. The third-order valence-corrected chi connectivity index (χ3v) is 6.74. The van der Waals surface area contributed by atoms with Gasteiger partial charge in [0, 0.05) is 34.6 Å². The molecule has 0 atom stereocenters. The summed E-state index contributed by atoms with van der Waals surface area (Å²) in [5.41, 5.74) is 4.72. The Morgan fingerprint density at radius 2 is 1.38 bits per heavy atom. The topological polar surface area (TPSA) is 44.7 Å². The second kappa shape index (κ2) is 12.8. The van der Waals surface area contributed by atoms with Gasteiger partial charge >= 0.3 is 0 Å². The molecule has 3 rings (SSSR count). The molecule has 0 spiro atoms. The van der Waals surface area contributed by atoms with E-state index >= 15 is 0 Å². The lowest BCUT2D eigenvalue weighted by atomic mass is 10.2. The van der Waals surface area contributed by atoms with Crippen LogP contribution in [0.4, 0.5) is 5.69 Å². The van der Waals surface area contributed by atoms with Crippen molar-refractivity contribution in [2.75, 3.05) is 18.0 Å². The van der Waals surface area contributed by atoms with Gasteiger partial charge in [-0.25, -0.2) is 5.43 Å². The molecule has 1 N–H and O–H groups in total. The zero-order chi connectivity index (χ0) is 22.6. The zero-order valence-electron chi connectivity index (χ0n) is 18.3. The van der Waals surface area contributed by atoms with Crippen LogP contribution in [0, 0.1) is 0 Å². The Bertz CT molecular complexity index is 988. The van der Waals surface area contributed by atoms with Crippen molar-refractivity contribution < 1.29 is 4.79 Å². The SMILES string of the molecule is CCN(CC)c1ccc(/C=N\NC(=O)C=C(Sc2ccccc2)Sc2ccccc2)cc1. The predicted octanol–water partition coefficient (Wildman–Crippen LogP) is 6.41. The van der Waals surface area contributed by atoms with Crippen molar-refractivity contribution in [1.82, 2.24) is 5.43 Å². The lowest BCUT2D eigenvalue weighted by molar-refractivity contribution is -0.116. The summed E-state index contributed by atoms with van der Waals surface area (Å²) in [6, 6.07) is 28.2. The summed E-state index contributed by atoms with van der Waals surface area (Å²) in [4.78, 5) is 16.9. The summed E-state index contributed by atoms with van der Waals surface area (Å²) in [5, 5.41) is 4.12. The molecular formula is C26H27N3OS2. The molecule has 0 saturated heterocycles. The van der Waals surface area contributed by atoms with E-state index in [4.69, 9.17) is 0 Å². The van der Waals surface area contributed by atoms with E-state index in [-0.39, 0.29) is 5.91 Å². The van der Waals surface area contributed by atoms with Crippen LogP contribution in [-0.2, 0) is 4.79 Å². The fourth-order valence-corrected chi connectivity index (χ4v) is 5.09. The van der Waals surface area contributed by atoms with Gasteiger partial charge in [0.15, 0.2) is 0 Å². The first-order valence-corrected chi connectivity index (χ1v) is 12.2. The Labute approximate surface area is 198 Å². The van der Waals surface area contributed by atoms with E-state index in [9.17, 15) is 4.79 Å². The van der Waals surface area contributed by atoms with Crippen LogP contribution in [0.15, 0.2) is 110 Å². The third-order valence-electron chi connectivity index (χ3n) is 4.58.